The fourth-order valence-electron chi connectivity index (χ4n) is 6.49. The van der Waals surface area contributed by atoms with E-state index in [4.69, 9.17) is 11.2 Å². The molecule has 1 unspecified atom stereocenters. The second kappa shape index (κ2) is 11.5. The van der Waals surface area contributed by atoms with Crippen LogP contribution in [0.3, 0.4) is 0 Å². The number of ketones is 1. The number of carbonyl (C=O) groups excluding carboxylic acids is 3. The molecule has 2 aromatic rings. The van der Waals surface area contributed by atoms with Crippen LogP contribution in [0.1, 0.15) is 36.0 Å². The molecule has 4 fully saturated rings. The van der Waals surface area contributed by atoms with Gasteiger partial charge in [0, 0.05) is 43.9 Å². The Bertz CT molecular complexity index is 1360. The van der Waals surface area contributed by atoms with E-state index in [-0.39, 0.29) is 47.5 Å². The highest BCUT2D eigenvalue weighted by atomic mass is 32.1. The lowest BCUT2D eigenvalue weighted by Crippen LogP contribution is -2.54. The Hall–Kier alpha value is -3.33. The standard InChI is InChI=1S/C30H34FN5O4S/c1-3-18-16-36(25-22(37)17-40-26(18)25)29(39)24(19-6-4-5-7-19)32-28(38)21-10-8-20(9-11-21)23-27(31)41-30(33-23)35-14-12-34(2)13-15-35/h1,8-11,18-19,24-26H,4-7,12-17H2,2H3,(H,32,38)/t18-,24?,25-,26-/m1/s1. The first-order chi connectivity index (χ1) is 19.8. The highest BCUT2D eigenvalue weighted by Crippen LogP contribution is 2.35. The van der Waals surface area contributed by atoms with Crippen LogP contribution in [0.2, 0.25) is 0 Å². The maximum absolute atomic E-state index is 14.9. The van der Waals surface area contributed by atoms with Crippen molar-refractivity contribution in [2.75, 3.05) is 51.3 Å². The van der Waals surface area contributed by atoms with E-state index >= 15 is 0 Å². The van der Waals surface area contributed by atoms with Gasteiger partial charge >= 0.3 is 0 Å². The Labute approximate surface area is 243 Å². The molecule has 1 aromatic carbocycles. The van der Waals surface area contributed by atoms with E-state index in [1.807, 2.05) is 0 Å². The molecule has 4 aliphatic rings. The molecule has 41 heavy (non-hydrogen) atoms. The van der Waals surface area contributed by atoms with Crippen LogP contribution < -0.4 is 10.2 Å². The van der Waals surface area contributed by atoms with E-state index in [1.54, 1.807) is 24.3 Å². The van der Waals surface area contributed by atoms with Crippen LogP contribution in [0.15, 0.2) is 24.3 Å². The molecule has 6 rings (SSSR count). The lowest BCUT2D eigenvalue weighted by molar-refractivity contribution is -0.139. The number of hydrogen-bond donors (Lipinski definition) is 1. The third kappa shape index (κ3) is 5.36. The summed E-state index contributed by atoms with van der Waals surface area (Å²) in [6, 6.07) is 5.16. The number of thiazole rings is 1. The largest absolute Gasteiger partial charge is 0.366 e. The summed E-state index contributed by atoms with van der Waals surface area (Å²) in [5.41, 5.74) is 1.22. The zero-order valence-corrected chi connectivity index (χ0v) is 23.9. The molecular formula is C30H34FN5O4S. The number of ether oxygens (including phenoxy) is 1. The minimum absolute atomic E-state index is 0.0245. The molecule has 3 aliphatic heterocycles. The van der Waals surface area contributed by atoms with E-state index in [2.05, 4.69) is 33.1 Å². The number of hydrogen-bond acceptors (Lipinski definition) is 8. The number of likely N-dealkylation sites (tertiary alicyclic amines) is 1. The number of anilines is 1. The predicted molar refractivity (Wildman–Crippen MR) is 153 cm³/mol. The lowest BCUT2D eigenvalue weighted by Gasteiger charge is -2.31. The van der Waals surface area contributed by atoms with Crippen LogP contribution in [0.25, 0.3) is 11.3 Å². The summed E-state index contributed by atoms with van der Waals surface area (Å²) in [5.74, 6) is 1.46. The second-order valence-electron chi connectivity index (χ2n) is 11.4. The molecule has 0 bridgehead atoms. The van der Waals surface area contributed by atoms with Crippen molar-refractivity contribution in [3.8, 4) is 23.6 Å². The summed E-state index contributed by atoms with van der Waals surface area (Å²) in [5, 5.41) is 3.27. The normalized spacial score (nSPS) is 25.8. The molecule has 216 valence electrons. The summed E-state index contributed by atoms with van der Waals surface area (Å²) in [7, 11) is 2.07. The third-order valence-corrected chi connectivity index (χ3v) is 9.78. The summed E-state index contributed by atoms with van der Waals surface area (Å²) < 4.78 is 20.5. The third-order valence-electron chi connectivity index (χ3n) is 8.87. The summed E-state index contributed by atoms with van der Waals surface area (Å²) >= 11 is 1.04. The van der Waals surface area contributed by atoms with E-state index in [9.17, 15) is 18.8 Å². The minimum Gasteiger partial charge on any atom is -0.366 e. The zero-order chi connectivity index (χ0) is 28.7. The number of nitrogens with one attached hydrogen (secondary N) is 1. The van der Waals surface area contributed by atoms with Crippen molar-refractivity contribution in [1.29, 1.82) is 0 Å². The van der Waals surface area contributed by atoms with Gasteiger partial charge in [-0.3, -0.25) is 14.4 Å². The molecule has 1 N–H and O–H groups in total. The number of nitrogens with zero attached hydrogens (tertiary/aromatic N) is 4. The Morgan fingerprint density at radius 3 is 2.56 bits per heavy atom. The van der Waals surface area contributed by atoms with Crippen molar-refractivity contribution in [3.63, 3.8) is 0 Å². The first-order valence-corrected chi connectivity index (χ1v) is 15.1. The van der Waals surface area contributed by atoms with E-state index < -0.39 is 24.1 Å². The average molecular weight is 580 g/mol. The highest BCUT2D eigenvalue weighted by Gasteiger charge is 2.53. The van der Waals surface area contributed by atoms with Crippen LogP contribution in [-0.2, 0) is 14.3 Å². The summed E-state index contributed by atoms with van der Waals surface area (Å²) in [4.78, 5) is 50.3. The fourth-order valence-corrected chi connectivity index (χ4v) is 7.36. The number of halogens is 1. The van der Waals surface area contributed by atoms with Gasteiger partial charge in [-0.25, -0.2) is 4.98 Å². The molecule has 0 radical (unpaired) electrons. The number of rotatable bonds is 6. The summed E-state index contributed by atoms with van der Waals surface area (Å²) in [6.45, 7) is 3.58. The van der Waals surface area contributed by atoms with Crippen LogP contribution in [0.5, 0.6) is 0 Å². The maximum Gasteiger partial charge on any atom is 0.251 e. The highest BCUT2D eigenvalue weighted by molar-refractivity contribution is 7.14. The predicted octanol–water partition coefficient (Wildman–Crippen LogP) is 2.42. The number of piperazine rings is 1. The molecule has 4 heterocycles. The van der Waals surface area contributed by atoms with Gasteiger partial charge in [0.25, 0.3) is 5.91 Å². The number of Topliss-reactive ketones (excluding diaryl/α,β-unsaturated/α-hetero) is 1. The van der Waals surface area contributed by atoms with Gasteiger partial charge in [0.1, 0.15) is 30.5 Å². The van der Waals surface area contributed by atoms with Gasteiger partial charge in [0.15, 0.2) is 10.9 Å². The first kappa shape index (κ1) is 27.8. The fraction of sp³-hybridized carbons (Fsp3) is 0.533. The Morgan fingerprint density at radius 1 is 1.17 bits per heavy atom. The van der Waals surface area contributed by atoms with Crippen molar-refractivity contribution >= 4 is 34.1 Å². The van der Waals surface area contributed by atoms with E-state index in [0.717, 1.165) is 63.2 Å². The van der Waals surface area contributed by atoms with Gasteiger partial charge in [-0.05, 0) is 37.9 Å². The van der Waals surface area contributed by atoms with Gasteiger partial charge in [-0.15, -0.1) is 6.42 Å². The summed E-state index contributed by atoms with van der Waals surface area (Å²) in [6.07, 6.45) is 8.79. The molecule has 11 heteroatoms. The quantitative estimate of drug-likeness (QED) is 0.526. The van der Waals surface area contributed by atoms with Gasteiger partial charge in [0.05, 0.1) is 5.92 Å². The lowest BCUT2D eigenvalue weighted by atomic mass is 9.95. The monoisotopic (exact) mass is 579 g/mol. The molecule has 1 aliphatic carbocycles. The van der Waals surface area contributed by atoms with Gasteiger partial charge in [-0.2, -0.15) is 4.39 Å². The molecule has 9 nitrogen and oxygen atoms in total. The van der Waals surface area contributed by atoms with Crippen molar-refractivity contribution in [1.82, 2.24) is 20.1 Å². The molecule has 1 aromatic heterocycles. The molecule has 2 amide bonds. The van der Waals surface area contributed by atoms with Crippen molar-refractivity contribution < 1.29 is 23.5 Å². The van der Waals surface area contributed by atoms with Crippen LogP contribution >= 0.6 is 11.3 Å². The second-order valence-corrected chi connectivity index (χ2v) is 12.4. The van der Waals surface area contributed by atoms with Gasteiger partial charge < -0.3 is 24.8 Å². The molecule has 1 saturated carbocycles. The number of benzene rings is 1. The van der Waals surface area contributed by atoms with E-state index in [0.29, 0.717) is 16.3 Å². The van der Waals surface area contributed by atoms with Crippen molar-refractivity contribution in [2.45, 2.75) is 43.9 Å². The number of carbonyl (C=O) groups is 3. The number of aromatic nitrogens is 1. The van der Waals surface area contributed by atoms with Crippen LogP contribution in [0, 0.1) is 29.3 Å². The number of fused-ring (bicyclic) bond motifs is 1. The van der Waals surface area contributed by atoms with Crippen LogP contribution in [0.4, 0.5) is 9.52 Å². The molecule has 3 saturated heterocycles. The molecule has 4 atom stereocenters. The minimum atomic E-state index is -0.766. The Balaban J connectivity index is 1.17. The molecular weight excluding hydrogens is 545 g/mol. The Morgan fingerprint density at radius 2 is 1.88 bits per heavy atom. The number of amides is 2. The zero-order valence-electron chi connectivity index (χ0n) is 23.1. The number of terminal acetylenes is 1. The number of likely N-dealkylation sites (N-methyl/N-ethyl adjacent to an activating group) is 1. The SMILES string of the molecule is C#C[C@@H]1CN(C(=O)C(NC(=O)c2ccc(-c3nc(N4CCN(C)CC4)sc3F)cc2)C2CCCC2)[C@@H]2C(=O)CO[C@H]12. The van der Waals surface area contributed by atoms with Gasteiger partial charge in [-0.1, -0.05) is 42.2 Å². The van der Waals surface area contributed by atoms with Crippen LogP contribution in [-0.4, -0.2) is 96.9 Å². The Kier molecular flexibility index (Phi) is 7.81. The first-order valence-electron chi connectivity index (χ1n) is 14.3. The van der Waals surface area contributed by atoms with Gasteiger partial charge in [0.2, 0.25) is 11.0 Å². The topological polar surface area (TPSA) is 95.1 Å². The smallest absolute Gasteiger partial charge is 0.251 e. The van der Waals surface area contributed by atoms with Crippen molar-refractivity contribution in [3.05, 3.63) is 35.0 Å². The molecule has 0 spiro atoms. The average Bonchev–Trinajstić information content (AvgIpc) is 3.78. The van der Waals surface area contributed by atoms with Crippen molar-refractivity contribution in [2.24, 2.45) is 11.8 Å². The van der Waals surface area contributed by atoms with E-state index in [1.165, 1.54) is 4.90 Å². The maximum atomic E-state index is 14.9.